The highest BCUT2D eigenvalue weighted by atomic mass is 79.9. The molecule has 1 unspecified atom stereocenters. The molecule has 7 nitrogen and oxygen atoms in total. The predicted octanol–water partition coefficient (Wildman–Crippen LogP) is 3.99. The van der Waals surface area contributed by atoms with E-state index in [2.05, 4.69) is 31.3 Å². The van der Waals surface area contributed by atoms with E-state index in [9.17, 15) is 4.79 Å². The normalized spacial score (nSPS) is 16.6. The minimum atomic E-state index is -0.523. The van der Waals surface area contributed by atoms with Crippen LogP contribution in [-0.4, -0.2) is 33.1 Å². The Morgan fingerprint density at radius 2 is 2.28 bits per heavy atom. The van der Waals surface area contributed by atoms with Crippen LogP contribution < -0.4 is 5.32 Å². The molecule has 0 amide bonds. The number of furan rings is 1. The fourth-order valence-corrected chi connectivity index (χ4v) is 3.47. The highest BCUT2D eigenvalue weighted by Crippen LogP contribution is 2.37. The highest BCUT2D eigenvalue weighted by Gasteiger charge is 2.37. The fourth-order valence-electron chi connectivity index (χ4n) is 2.60. The molecule has 1 atom stereocenters. The summed E-state index contributed by atoms with van der Waals surface area (Å²) < 4.78 is 13.4. The maximum absolute atomic E-state index is 12.7. The molecule has 2 aromatic rings. The first kappa shape index (κ1) is 18.1. The maximum Gasteiger partial charge on any atom is 0.338 e. The summed E-state index contributed by atoms with van der Waals surface area (Å²) in [5.41, 5.74) is 1.16. The van der Waals surface area contributed by atoms with Crippen LogP contribution in [0.2, 0.25) is 0 Å². The SMILES string of the molecule is CCCOC(=O)C1=C(C)Nc2nc(SCC)nn2C1c1ccc(Br)o1. The number of hydrogen-bond acceptors (Lipinski definition) is 7. The second kappa shape index (κ2) is 7.65. The quantitative estimate of drug-likeness (QED) is 0.552. The third-order valence-electron chi connectivity index (χ3n) is 3.63. The molecule has 3 rings (SSSR count). The molecule has 0 aliphatic carbocycles. The summed E-state index contributed by atoms with van der Waals surface area (Å²) in [6.07, 6.45) is 0.758. The summed E-state index contributed by atoms with van der Waals surface area (Å²) in [7, 11) is 0. The molecule has 9 heteroatoms. The summed E-state index contributed by atoms with van der Waals surface area (Å²) in [6, 6.07) is 3.09. The van der Waals surface area contributed by atoms with Crippen molar-refractivity contribution in [1.82, 2.24) is 14.8 Å². The van der Waals surface area contributed by atoms with E-state index in [4.69, 9.17) is 9.15 Å². The van der Waals surface area contributed by atoms with Gasteiger partial charge < -0.3 is 14.5 Å². The Kier molecular flexibility index (Phi) is 5.53. The van der Waals surface area contributed by atoms with Gasteiger partial charge in [-0.3, -0.25) is 0 Å². The molecule has 0 spiro atoms. The molecule has 1 aliphatic heterocycles. The first-order valence-corrected chi connectivity index (χ1v) is 9.82. The molecule has 0 fully saturated rings. The molecule has 25 heavy (non-hydrogen) atoms. The van der Waals surface area contributed by atoms with Gasteiger partial charge in [-0.2, -0.15) is 4.98 Å². The van der Waals surface area contributed by atoms with E-state index in [1.54, 1.807) is 10.7 Å². The van der Waals surface area contributed by atoms with Gasteiger partial charge in [-0.15, -0.1) is 5.10 Å². The van der Waals surface area contributed by atoms with Gasteiger partial charge in [0, 0.05) is 5.70 Å². The third-order valence-corrected chi connectivity index (χ3v) is 4.77. The van der Waals surface area contributed by atoms with E-state index in [0.29, 0.717) is 39.4 Å². The molecule has 0 bridgehead atoms. The zero-order chi connectivity index (χ0) is 18.0. The maximum atomic E-state index is 12.7. The van der Waals surface area contributed by atoms with Crippen molar-refractivity contribution >= 4 is 39.6 Å². The Labute approximate surface area is 158 Å². The van der Waals surface area contributed by atoms with Crippen molar-refractivity contribution in [2.75, 3.05) is 17.7 Å². The Morgan fingerprint density at radius 1 is 1.48 bits per heavy atom. The molecular weight excluding hydrogens is 408 g/mol. The van der Waals surface area contributed by atoms with Crippen LogP contribution in [-0.2, 0) is 9.53 Å². The predicted molar refractivity (Wildman–Crippen MR) is 98.5 cm³/mol. The summed E-state index contributed by atoms with van der Waals surface area (Å²) >= 11 is 4.86. The van der Waals surface area contributed by atoms with E-state index in [1.165, 1.54) is 11.8 Å². The number of esters is 1. The summed E-state index contributed by atoms with van der Waals surface area (Å²) in [6.45, 7) is 6.19. The zero-order valence-electron chi connectivity index (χ0n) is 14.2. The van der Waals surface area contributed by atoms with Crippen molar-refractivity contribution < 1.29 is 13.9 Å². The number of nitrogens with zero attached hydrogens (tertiary/aromatic N) is 3. The number of allylic oxidation sites excluding steroid dienone is 1. The number of anilines is 1. The largest absolute Gasteiger partial charge is 0.462 e. The van der Waals surface area contributed by atoms with Gasteiger partial charge in [0.15, 0.2) is 4.67 Å². The van der Waals surface area contributed by atoms with E-state index in [1.807, 2.05) is 26.8 Å². The minimum Gasteiger partial charge on any atom is -0.462 e. The van der Waals surface area contributed by atoms with Crippen LogP contribution in [0, 0.1) is 0 Å². The van der Waals surface area contributed by atoms with Gasteiger partial charge >= 0.3 is 5.97 Å². The van der Waals surface area contributed by atoms with Crippen molar-refractivity contribution in [2.45, 2.75) is 38.4 Å². The minimum absolute atomic E-state index is 0.366. The number of nitrogens with one attached hydrogen (secondary N) is 1. The molecule has 0 saturated carbocycles. The molecule has 0 radical (unpaired) electrons. The topological polar surface area (TPSA) is 82.2 Å². The van der Waals surface area contributed by atoms with Crippen LogP contribution in [0.15, 0.2) is 37.6 Å². The van der Waals surface area contributed by atoms with Gasteiger partial charge in [0.1, 0.15) is 11.8 Å². The Morgan fingerprint density at radius 3 is 2.92 bits per heavy atom. The summed E-state index contributed by atoms with van der Waals surface area (Å²) in [5.74, 6) is 1.65. The molecule has 1 N–H and O–H groups in total. The lowest BCUT2D eigenvalue weighted by Crippen LogP contribution is -2.29. The van der Waals surface area contributed by atoms with E-state index >= 15 is 0 Å². The molecular formula is C16H19BrN4O3S. The van der Waals surface area contributed by atoms with Crippen LogP contribution in [0.25, 0.3) is 0 Å². The van der Waals surface area contributed by atoms with Crippen LogP contribution in [0.5, 0.6) is 0 Å². The van der Waals surface area contributed by atoms with E-state index in [0.717, 1.165) is 12.2 Å². The van der Waals surface area contributed by atoms with Gasteiger partial charge in [0.05, 0.1) is 12.2 Å². The van der Waals surface area contributed by atoms with Gasteiger partial charge in [-0.1, -0.05) is 25.6 Å². The fraction of sp³-hybridized carbons (Fsp3) is 0.438. The number of rotatable bonds is 6. The van der Waals surface area contributed by atoms with Crippen molar-refractivity contribution in [1.29, 1.82) is 0 Å². The van der Waals surface area contributed by atoms with Crippen LogP contribution in [0.3, 0.4) is 0 Å². The van der Waals surface area contributed by atoms with Crippen LogP contribution in [0.1, 0.15) is 39.0 Å². The van der Waals surface area contributed by atoms with Crippen molar-refractivity contribution in [2.24, 2.45) is 0 Å². The Balaban J connectivity index is 2.07. The number of halogens is 1. The zero-order valence-corrected chi connectivity index (χ0v) is 16.6. The second-order valence-electron chi connectivity index (χ2n) is 5.44. The van der Waals surface area contributed by atoms with Crippen molar-refractivity contribution in [3.05, 3.63) is 33.8 Å². The molecule has 0 aromatic carbocycles. The van der Waals surface area contributed by atoms with Crippen molar-refractivity contribution in [3.63, 3.8) is 0 Å². The highest BCUT2D eigenvalue weighted by molar-refractivity contribution is 9.10. The number of carbonyl (C=O) groups excluding carboxylic acids is 1. The average Bonchev–Trinajstić information content (AvgIpc) is 3.17. The lowest BCUT2D eigenvalue weighted by molar-refractivity contribution is -0.139. The van der Waals surface area contributed by atoms with E-state index in [-0.39, 0.29) is 5.97 Å². The van der Waals surface area contributed by atoms with Gasteiger partial charge in [0.2, 0.25) is 11.1 Å². The number of ether oxygens (including phenoxy) is 1. The number of aromatic nitrogens is 3. The van der Waals surface area contributed by atoms with Gasteiger partial charge in [-0.25, -0.2) is 9.48 Å². The second-order valence-corrected chi connectivity index (χ2v) is 7.45. The van der Waals surface area contributed by atoms with Gasteiger partial charge in [0.25, 0.3) is 0 Å². The number of hydrogen-bond donors (Lipinski definition) is 1. The lowest BCUT2D eigenvalue weighted by Gasteiger charge is -2.26. The van der Waals surface area contributed by atoms with Crippen LogP contribution in [0.4, 0.5) is 5.95 Å². The average molecular weight is 427 g/mol. The van der Waals surface area contributed by atoms with Crippen molar-refractivity contribution in [3.8, 4) is 0 Å². The molecule has 2 aromatic heterocycles. The molecule has 0 saturated heterocycles. The number of fused-ring (bicyclic) bond motifs is 1. The monoisotopic (exact) mass is 426 g/mol. The Bertz CT molecular complexity index is 814. The summed E-state index contributed by atoms with van der Waals surface area (Å²) in [5, 5.41) is 8.35. The smallest absolute Gasteiger partial charge is 0.338 e. The summed E-state index contributed by atoms with van der Waals surface area (Å²) in [4.78, 5) is 17.2. The van der Waals surface area contributed by atoms with E-state index < -0.39 is 6.04 Å². The van der Waals surface area contributed by atoms with Crippen LogP contribution >= 0.6 is 27.7 Å². The first-order valence-electron chi connectivity index (χ1n) is 8.04. The molecule has 134 valence electrons. The van der Waals surface area contributed by atoms with Gasteiger partial charge in [-0.05, 0) is 47.2 Å². The lowest BCUT2D eigenvalue weighted by atomic mass is 10.0. The number of carbonyl (C=O) groups is 1. The standard InChI is InChI=1S/C16H19BrN4O3S/c1-4-8-23-14(22)12-9(3)18-15-19-16(25-5-2)20-21(15)13(12)10-6-7-11(17)24-10/h6-7,13H,4-5,8H2,1-3H3,(H,18,19,20). The Hall–Kier alpha value is -1.74. The molecule has 1 aliphatic rings. The first-order chi connectivity index (χ1) is 12.0. The molecule has 3 heterocycles. The third kappa shape index (κ3) is 3.62. The number of thioether (sulfide) groups is 1.